The lowest BCUT2D eigenvalue weighted by Crippen LogP contribution is -2.22. The minimum absolute atomic E-state index is 0.417. The monoisotopic (exact) mass is 285 g/mol. The molecule has 0 aliphatic rings. The molecule has 0 aliphatic heterocycles. The van der Waals surface area contributed by atoms with Crippen LogP contribution in [0.4, 0.5) is 0 Å². The summed E-state index contributed by atoms with van der Waals surface area (Å²) in [5.74, 6) is 1.82. The van der Waals surface area contributed by atoms with E-state index in [0.717, 1.165) is 11.4 Å². The molecule has 1 aromatic carbocycles. The van der Waals surface area contributed by atoms with E-state index in [4.69, 9.17) is 4.74 Å². The summed E-state index contributed by atoms with van der Waals surface area (Å²) < 4.78 is 5.76. The molecule has 2 aromatic rings. The van der Waals surface area contributed by atoms with Gasteiger partial charge in [-0.1, -0.05) is 39.8 Å². The summed E-state index contributed by atoms with van der Waals surface area (Å²) in [5.41, 5.74) is 2.17. The van der Waals surface area contributed by atoms with Crippen molar-refractivity contribution in [2.45, 2.75) is 46.2 Å². The van der Waals surface area contributed by atoms with Crippen LogP contribution in [-0.4, -0.2) is 16.0 Å². The van der Waals surface area contributed by atoms with Crippen LogP contribution in [0.1, 0.15) is 44.9 Å². The molecule has 0 radical (unpaired) electrons. The highest BCUT2D eigenvalue weighted by molar-refractivity contribution is 5.31. The second-order valence-corrected chi connectivity index (χ2v) is 5.71. The first-order chi connectivity index (χ1) is 10.0. The van der Waals surface area contributed by atoms with Gasteiger partial charge in [0.2, 0.25) is 5.88 Å². The maximum atomic E-state index is 5.76. The topological polar surface area (TPSA) is 47.0 Å². The number of benzene rings is 1. The van der Waals surface area contributed by atoms with Gasteiger partial charge >= 0.3 is 0 Å². The number of hydrogen-bond donors (Lipinski definition) is 1. The summed E-state index contributed by atoms with van der Waals surface area (Å²) in [5, 5.41) is 3.31. The standard InChI is InChI=1S/C17H23N3O/c1-12(2)14-5-7-16(8-6-14)21-17-11-18-9-15(20-17)10-19-13(3)4/h5-9,11-13,19H,10H2,1-4H3. The first kappa shape index (κ1) is 15.4. The van der Waals surface area contributed by atoms with Gasteiger partial charge in [0.15, 0.2) is 0 Å². The summed E-state index contributed by atoms with van der Waals surface area (Å²) in [6.07, 6.45) is 3.39. The molecule has 1 aromatic heterocycles. The van der Waals surface area contributed by atoms with Crippen LogP contribution in [0.3, 0.4) is 0 Å². The van der Waals surface area contributed by atoms with Crippen LogP contribution in [0.2, 0.25) is 0 Å². The highest BCUT2D eigenvalue weighted by Crippen LogP contribution is 2.22. The van der Waals surface area contributed by atoms with Crippen molar-refractivity contribution < 1.29 is 4.74 Å². The number of ether oxygens (including phenoxy) is 1. The Kier molecular flexibility index (Phi) is 5.28. The summed E-state index contributed by atoms with van der Waals surface area (Å²) in [7, 11) is 0. The van der Waals surface area contributed by atoms with E-state index in [0.29, 0.717) is 24.4 Å². The van der Waals surface area contributed by atoms with Crippen LogP contribution in [0.25, 0.3) is 0 Å². The van der Waals surface area contributed by atoms with Crippen molar-refractivity contribution in [3.05, 3.63) is 47.9 Å². The molecule has 0 aliphatic carbocycles. The second-order valence-electron chi connectivity index (χ2n) is 5.71. The molecule has 0 bridgehead atoms. The van der Waals surface area contributed by atoms with Gasteiger partial charge in [0.25, 0.3) is 0 Å². The minimum Gasteiger partial charge on any atom is -0.437 e. The predicted octanol–water partition coefficient (Wildman–Crippen LogP) is 3.89. The van der Waals surface area contributed by atoms with Gasteiger partial charge in [-0.05, 0) is 23.6 Å². The van der Waals surface area contributed by atoms with E-state index >= 15 is 0 Å². The van der Waals surface area contributed by atoms with Crippen molar-refractivity contribution in [1.29, 1.82) is 0 Å². The van der Waals surface area contributed by atoms with Crippen molar-refractivity contribution >= 4 is 0 Å². The fraction of sp³-hybridized carbons (Fsp3) is 0.412. The zero-order valence-corrected chi connectivity index (χ0v) is 13.1. The first-order valence-electron chi connectivity index (χ1n) is 7.36. The highest BCUT2D eigenvalue weighted by atomic mass is 16.5. The van der Waals surface area contributed by atoms with Crippen LogP contribution < -0.4 is 10.1 Å². The Morgan fingerprint density at radius 1 is 1.05 bits per heavy atom. The normalized spacial score (nSPS) is 11.1. The molecule has 0 spiro atoms. The molecule has 1 N–H and O–H groups in total. The van der Waals surface area contributed by atoms with Crippen LogP contribution in [-0.2, 0) is 6.54 Å². The Morgan fingerprint density at radius 3 is 2.38 bits per heavy atom. The average molecular weight is 285 g/mol. The van der Waals surface area contributed by atoms with Gasteiger partial charge in [0, 0.05) is 18.8 Å². The molecular weight excluding hydrogens is 262 g/mol. The third kappa shape index (κ3) is 4.83. The number of nitrogens with one attached hydrogen (secondary N) is 1. The van der Waals surface area contributed by atoms with Crippen LogP contribution >= 0.6 is 0 Å². The van der Waals surface area contributed by atoms with Crippen molar-refractivity contribution in [2.24, 2.45) is 0 Å². The highest BCUT2D eigenvalue weighted by Gasteiger charge is 2.04. The van der Waals surface area contributed by atoms with E-state index in [1.165, 1.54) is 5.56 Å². The first-order valence-corrected chi connectivity index (χ1v) is 7.36. The van der Waals surface area contributed by atoms with Crippen molar-refractivity contribution in [3.63, 3.8) is 0 Å². The summed E-state index contributed by atoms with van der Waals surface area (Å²) in [6.45, 7) is 9.24. The van der Waals surface area contributed by atoms with Gasteiger partial charge in [-0.3, -0.25) is 4.98 Å². The van der Waals surface area contributed by atoms with E-state index in [1.807, 2.05) is 12.1 Å². The summed E-state index contributed by atoms with van der Waals surface area (Å²) in [4.78, 5) is 8.63. The van der Waals surface area contributed by atoms with Gasteiger partial charge in [0.05, 0.1) is 11.9 Å². The Bertz CT molecular complexity index is 565. The molecular formula is C17H23N3O. The lowest BCUT2D eigenvalue weighted by molar-refractivity contribution is 0.454. The van der Waals surface area contributed by atoms with Crippen LogP contribution in [0.5, 0.6) is 11.6 Å². The number of rotatable bonds is 6. The molecule has 1 heterocycles. The number of aromatic nitrogens is 2. The minimum atomic E-state index is 0.417. The zero-order chi connectivity index (χ0) is 15.2. The van der Waals surface area contributed by atoms with Crippen LogP contribution in [0, 0.1) is 0 Å². The number of nitrogens with zero attached hydrogens (tertiary/aromatic N) is 2. The fourth-order valence-corrected chi connectivity index (χ4v) is 1.87. The maximum Gasteiger partial charge on any atom is 0.238 e. The molecule has 2 rings (SSSR count). The molecule has 0 unspecified atom stereocenters. The SMILES string of the molecule is CC(C)NCc1cncc(Oc2ccc(C(C)C)cc2)n1. The van der Waals surface area contributed by atoms with Crippen LogP contribution in [0.15, 0.2) is 36.7 Å². The molecule has 0 amide bonds. The smallest absolute Gasteiger partial charge is 0.238 e. The third-order valence-corrected chi connectivity index (χ3v) is 3.12. The zero-order valence-electron chi connectivity index (χ0n) is 13.1. The predicted molar refractivity (Wildman–Crippen MR) is 84.6 cm³/mol. The molecule has 0 saturated carbocycles. The molecule has 21 heavy (non-hydrogen) atoms. The molecule has 0 saturated heterocycles. The summed E-state index contributed by atoms with van der Waals surface area (Å²) in [6, 6.07) is 8.52. The maximum absolute atomic E-state index is 5.76. The lowest BCUT2D eigenvalue weighted by Gasteiger charge is -2.10. The molecule has 0 atom stereocenters. The van der Waals surface area contributed by atoms with Gasteiger partial charge < -0.3 is 10.1 Å². The van der Waals surface area contributed by atoms with Gasteiger partial charge in [0.1, 0.15) is 5.75 Å². The molecule has 4 nitrogen and oxygen atoms in total. The van der Waals surface area contributed by atoms with Crippen molar-refractivity contribution in [1.82, 2.24) is 15.3 Å². The largest absolute Gasteiger partial charge is 0.437 e. The van der Waals surface area contributed by atoms with E-state index in [9.17, 15) is 0 Å². The van der Waals surface area contributed by atoms with E-state index in [1.54, 1.807) is 12.4 Å². The molecule has 112 valence electrons. The van der Waals surface area contributed by atoms with Crippen molar-refractivity contribution in [2.75, 3.05) is 0 Å². The van der Waals surface area contributed by atoms with E-state index < -0.39 is 0 Å². The van der Waals surface area contributed by atoms with E-state index in [-0.39, 0.29) is 0 Å². The second kappa shape index (κ2) is 7.18. The fourth-order valence-electron chi connectivity index (χ4n) is 1.87. The Morgan fingerprint density at radius 2 is 1.76 bits per heavy atom. The molecule has 4 heteroatoms. The molecule has 0 fully saturated rings. The van der Waals surface area contributed by atoms with Crippen molar-refractivity contribution in [3.8, 4) is 11.6 Å². The Labute approximate surface area is 126 Å². The van der Waals surface area contributed by atoms with Gasteiger partial charge in [-0.25, -0.2) is 4.98 Å². The third-order valence-electron chi connectivity index (χ3n) is 3.12. The Balaban J connectivity index is 2.03. The van der Waals surface area contributed by atoms with Gasteiger partial charge in [-0.2, -0.15) is 0 Å². The Hall–Kier alpha value is -1.94. The lowest BCUT2D eigenvalue weighted by atomic mass is 10.0. The number of hydrogen-bond acceptors (Lipinski definition) is 4. The van der Waals surface area contributed by atoms with Gasteiger partial charge in [-0.15, -0.1) is 0 Å². The van der Waals surface area contributed by atoms with E-state index in [2.05, 4.69) is 55.1 Å². The quantitative estimate of drug-likeness (QED) is 0.874. The average Bonchev–Trinajstić information content (AvgIpc) is 2.46. The summed E-state index contributed by atoms with van der Waals surface area (Å²) >= 11 is 0.